The summed E-state index contributed by atoms with van der Waals surface area (Å²) in [6.45, 7) is 0.669. The van der Waals surface area contributed by atoms with Gasteiger partial charge in [0.25, 0.3) is 0 Å². The van der Waals surface area contributed by atoms with Crippen LogP contribution in [-0.4, -0.2) is 11.5 Å². The quantitative estimate of drug-likeness (QED) is 0.546. The van der Waals surface area contributed by atoms with E-state index in [2.05, 4.69) is 4.98 Å². The Bertz CT molecular complexity index is 238. The molecule has 0 radical (unpaired) electrons. The molecule has 0 aromatic carbocycles. The second kappa shape index (κ2) is 4.83. The van der Waals surface area contributed by atoms with E-state index >= 15 is 0 Å². The molecule has 0 saturated heterocycles. The van der Waals surface area contributed by atoms with Crippen LogP contribution in [-0.2, 0) is 6.42 Å². The van der Waals surface area contributed by atoms with Gasteiger partial charge in [0, 0.05) is 11.8 Å². The van der Waals surface area contributed by atoms with Crippen LogP contribution in [0.25, 0.3) is 0 Å². The van der Waals surface area contributed by atoms with Crippen molar-refractivity contribution in [3.63, 3.8) is 0 Å². The van der Waals surface area contributed by atoms with Crippen molar-refractivity contribution >= 4 is 0 Å². The van der Waals surface area contributed by atoms with Crippen LogP contribution in [0.1, 0.15) is 18.4 Å². The molecule has 0 unspecified atom stereocenters. The van der Waals surface area contributed by atoms with Gasteiger partial charge in [-0.3, -0.25) is 0 Å². The molecule has 66 valence electrons. The van der Waals surface area contributed by atoms with E-state index in [0.29, 0.717) is 12.1 Å². The van der Waals surface area contributed by atoms with Crippen molar-refractivity contribution in [1.29, 1.82) is 0 Å². The summed E-state index contributed by atoms with van der Waals surface area (Å²) < 4.78 is 12.9. The van der Waals surface area contributed by atoms with E-state index < -0.39 is 0 Å². The van der Waals surface area contributed by atoms with Crippen LogP contribution < -0.4 is 5.73 Å². The molecular formula is C9H13FN2. The standard InChI is InChI=1S/C9H13FN2/c10-9-8(4-1-2-6-11)5-3-7-12-9/h3,5,7H,1-2,4,6,11H2. The molecule has 1 aromatic rings. The SMILES string of the molecule is NCCCCc1cccnc1F. The molecule has 1 aromatic heterocycles. The zero-order chi connectivity index (χ0) is 8.81. The summed E-state index contributed by atoms with van der Waals surface area (Å²) >= 11 is 0. The lowest BCUT2D eigenvalue weighted by Crippen LogP contribution is -2.00. The van der Waals surface area contributed by atoms with E-state index in [9.17, 15) is 4.39 Å². The van der Waals surface area contributed by atoms with Gasteiger partial charge >= 0.3 is 0 Å². The predicted molar refractivity (Wildman–Crippen MR) is 46.2 cm³/mol. The van der Waals surface area contributed by atoms with Gasteiger partial charge in [-0.2, -0.15) is 4.39 Å². The average molecular weight is 168 g/mol. The summed E-state index contributed by atoms with van der Waals surface area (Å²) in [6.07, 6.45) is 4.06. The second-order valence-corrected chi connectivity index (χ2v) is 2.70. The molecule has 12 heavy (non-hydrogen) atoms. The van der Waals surface area contributed by atoms with Gasteiger partial charge in [-0.15, -0.1) is 0 Å². The Kier molecular flexibility index (Phi) is 3.67. The maximum absolute atomic E-state index is 12.9. The molecule has 1 rings (SSSR count). The minimum atomic E-state index is -0.352. The fraction of sp³-hybridized carbons (Fsp3) is 0.444. The molecule has 0 amide bonds. The van der Waals surface area contributed by atoms with Gasteiger partial charge in [0.05, 0.1) is 0 Å². The van der Waals surface area contributed by atoms with Gasteiger partial charge in [-0.25, -0.2) is 4.98 Å². The summed E-state index contributed by atoms with van der Waals surface area (Å²) in [4.78, 5) is 3.56. The predicted octanol–water partition coefficient (Wildman–Crippen LogP) is 1.50. The molecule has 0 fully saturated rings. The van der Waals surface area contributed by atoms with Gasteiger partial charge in [0.2, 0.25) is 5.95 Å². The van der Waals surface area contributed by atoms with Crippen LogP contribution in [0.3, 0.4) is 0 Å². The fourth-order valence-corrected chi connectivity index (χ4v) is 1.07. The van der Waals surface area contributed by atoms with Crippen LogP contribution in [0.4, 0.5) is 4.39 Å². The van der Waals surface area contributed by atoms with Crippen LogP contribution in [0.2, 0.25) is 0 Å². The Morgan fingerprint density at radius 3 is 2.92 bits per heavy atom. The topological polar surface area (TPSA) is 38.9 Å². The molecule has 0 atom stereocenters. The third-order valence-corrected chi connectivity index (χ3v) is 1.74. The van der Waals surface area contributed by atoms with Crippen LogP contribution in [0, 0.1) is 5.95 Å². The molecule has 0 aliphatic heterocycles. The second-order valence-electron chi connectivity index (χ2n) is 2.70. The van der Waals surface area contributed by atoms with Gasteiger partial charge in [0.15, 0.2) is 0 Å². The van der Waals surface area contributed by atoms with Crippen molar-refractivity contribution < 1.29 is 4.39 Å². The normalized spacial score (nSPS) is 10.2. The Balaban J connectivity index is 2.46. The summed E-state index contributed by atoms with van der Waals surface area (Å²) in [5, 5.41) is 0. The Morgan fingerprint density at radius 1 is 1.42 bits per heavy atom. The number of unbranched alkanes of at least 4 members (excludes halogenated alkanes) is 1. The summed E-state index contributed by atoms with van der Waals surface area (Å²) in [6, 6.07) is 3.51. The highest BCUT2D eigenvalue weighted by molar-refractivity contribution is 5.10. The van der Waals surface area contributed by atoms with Gasteiger partial charge in [-0.1, -0.05) is 6.07 Å². The third-order valence-electron chi connectivity index (χ3n) is 1.74. The van der Waals surface area contributed by atoms with E-state index in [4.69, 9.17) is 5.73 Å². The van der Waals surface area contributed by atoms with Crippen molar-refractivity contribution in [3.8, 4) is 0 Å². The molecule has 0 aliphatic rings. The molecule has 2 nitrogen and oxygen atoms in total. The van der Waals surface area contributed by atoms with Crippen molar-refractivity contribution in [2.75, 3.05) is 6.54 Å². The highest BCUT2D eigenvalue weighted by Gasteiger charge is 2.00. The lowest BCUT2D eigenvalue weighted by atomic mass is 10.1. The minimum Gasteiger partial charge on any atom is -0.330 e. The molecule has 0 bridgehead atoms. The fourth-order valence-electron chi connectivity index (χ4n) is 1.07. The molecule has 0 aliphatic carbocycles. The number of rotatable bonds is 4. The van der Waals surface area contributed by atoms with E-state index in [1.165, 1.54) is 6.20 Å². The number of nitrogens with zero attached hydrogens (tertiary/aromatic N) is 1. The monoisotopic (exact) mass is 168 g/mol. The van der Waals surface area contributed by atoms with Gasteiger partial charge in [0.1, 0.15) is 0 Å². The lowest BCUT2D eigenvalue weighted by molar-refractivity contribution is 0.560. The Hall–Kier alpha value is -0.960. The number of hydrogen-bond donors (Lipinski definition) is 1. The van der Waals surface area contributed by atoms with E-state index in [-0.39, 0.29) is 5.95 Å². The smallest absolute Gasteiger partial charge is 0.216 e. The molecule has 0 saturated carbocycles. The highest BCUT2D eigenvalue weighted by atomic mass is 19.1. The first-order valence-corrected chi connectivity index (χ1v) is 4.14. The van der Waals surface area contributed by atoms with E-state index in [0.717, 1.165) is 19.3 Å². The zero-order valence-electron chi connectivity index (χ0n) is 6.96. The lowest BCUT2D eigenvalue weighted by Gasteiger charge is -1.99. The Labute approximate surface area is 71.6 Å². The summed E-state index contributed by atoms with van der Waals surface area (Å²) in [7, 11) is 0. The summed E-state index contributed by atoms with van der Waals surface area (Å²) in [5.74, 6) is -0.352. The van der Waals surface area contributed by atoms with Gasteiger partial charge < -0.3 is 5.73 Å². The van der Waals surface area contributed by atoms with Crippen LogP contribution >= 0.6 is 0 Å². The first-order chi connectivity index (χ1) is 5.84. The molecule has 1 heterocycles. The molecule has 2 N–H and O–H groups in total. The largest absolute Gasteiger partial charge is 0.330 e. The van der Waals surface area contributed by atoms with E-state index in [1.807, 2.05) is 0 Å². The third kappa shape index (κ3) is 2.58. The van der Waals surface area contributed by atoms with Crippen LogP contribution in [0.15, 0.2) is 18.3 Å². The average Bonchev–Trinajstić information content (AvgIpc) is 2.09. The van der Waals surface area contributed by atoms with Gasteiger partial charge in [-0.05, 0) is 31.9 Å². The number of aromatic nitrogens is 1. The number of halogens is 1. The van der Waals surface area contributed by atoms with E-state index in [1.54, 1.807) is 12.1 Å². The number of nitrogens with two attached hydrogens (primary N) is 1. The first-order valence-electron chi connectivity index (χ1n) is 4.14. The minimum absolute atomic E-state index is 0.352. The molecular weight excluding hydrogens is 155 g/mol. The maximum atomic E-state index is 12.9. The zero-order valence-corrected chi connectivity index (χ0v) is 6.96. The van der Waals surface area contributed by atoms with Crippen LogP contribution in [0.5, 0.6) is 0 Å². The molecule has 3 heteroatoms. The molecule has 0 spiro atoms. The number of hydrogen-bond acceptors (Lipinski definition) is 2. The first kappa shape index (κ1) is 9.13. The highest BCUT2D eigenvalue weighted by Crippen LogP contribution is 2.06. The number of aryl methyl sites for hydroxylation is 1. The Morgan fingerprint density at radius 2 is 2.25 bits per heavy atom. The van der Waals surface area contributed by atoms with Crippen molar-refractivity contribution in [2.24, 2.45) is 5.73 Å². The number of pyridine rings is 1. The maximum Gasteiger partial charge on any atom is 0.216 e. The van der Waals surface area contributed by atoms with Crippen molar-refractivity contribution in [2.45, 2.75) is 19.3 Å². The van der Waals surface area contributed by atoms with Crippen molar-refractivity contribution in [1.82, 2.24) is 4.98 Å². The van der Waals surface area contributed by atoms with Crippen molar-refractivity contribution in [3.05, 3.63) is 29.8 Å². The summed E-state index contributed by atoms with van der Waals surface area (Å²) in [5.41, 5.74) is 6.01.